The molecule has 1 N–H and O–H groups in total. The van der Waals surface area contributed by atoms with Gasteiger partial charge in [-0.25, -0.2) is 4.98 Å². The zero-order chi connectivity index (χ0) is 13.8. The number of aromatic nitrogens is 2. The zero-order valence-corrected chi connectivity index (χ0v) is 13.4. The molecule has 1 aromatic carbocycles. The minimum Gasteiger partial charge on any atom is -0.333 e. The van der Waals surface area contributed by atoms with Gasteiger partial charge < -0.3 is 9.88 Å². The molecule has 19 heavy (non-hydrogen) atoms. The SMILES string of the molecule is CCCn1ccnc1C(NC)c1cc(Cl)cc(Br)c1. The van der Waals surface area contributed by atoms with Crippen LogP contribution >= 0.6 is 27.5 Å². The van der Waals surface area contributed by atoms with Crippen LogP contribution in [-0.2, 0) is 6.54 Å². The van der Waals surface area contributed by atoms with Crippen LogP contribution in [0.2, 0.25) is 5.02 Å². The lowest BCUT2D eigenvalue weighted by atomic mass is 10.1. The van der Waals surface area contributed by atoms with Crippen LogP contribution < -0.4 is 5.32 Å². The monoisotopic (exact) mass is 341 g/mol. The molecule has 2 aromatic rings. The van der Waals surface area contributed by atoms with E-state index >= 15 is 0 Å². The van der Waals surface area contributed by atoms with Gasteiger partial charge in [-0.05, 0) is 37.2 Å². The number of imidazole rings is 1. The Hall–Kier alpha value is -0.840. The molecular weight excluding hydrogens is 326 g/mol. The highest BCUT2D eigenvalue weighted by Gasteiger charge is 2.18. The molecule has 5 heteroatoms. The van der Waals surface area contributed by atoms with Crippen molar-refractivity contribution in [2.75, 3.05) is 7.05 Å². The number of nitrogens with zero attached hydrogens (tertiary/aromatic N) is 2. The van der Waals surface area contributed by atoms with Gasteiger partial charge in [0.05, 0.1) is 6.04 Å². The van der Waals surface area contributed by atoms with Crippen LogP contribution in [0.3, 0.4) is 0 Å². The molecule has 0 spiro atoms. The highest BCUT2D eigenvalue weighted by molar-refractivity contribution is 9.10. The fourth-order valence-corrected chi connectivity index (χ4v) is 3.08. The van der Waals surface area contributed by atoms with E-state index in [0.717, 1.165) is 33.8 Å². The summed E-state index contributed by atoms with van der Waals surface area (Å²) in [7, 11) is 1.93. The van der Waals surface area contributed by atoms with Gasteiger partial charge in [0.15, 0.2) is 0 Å². The van der Waals surface area contributed by atoms with E-state index < -0.39 is 0 Å². The fourth-order valence-electron chi connectivity index (χ4n) is 2.20. The smallest absolute Gasteiger partial charge is 0.130 e. The molecule has 1 aromatic heterocycles. The zero-order valence-electron chi connectivity index (χ0n) is 11.0. The number of nitrogens with one attached hydrogen (secondary N) is 1. The molecule has 0 radical (unpaired) electrons. The van der Waals surface area contributed by atoms with Gasteiger partial charge in [0.1, 0.15) is 5.82 Å². The summed E-state index contributed by atoms with van der Waals surface area (Å²) in [6, 6.07) is 5.96. The molecule has 0 saturated carbocycles. The number of hydrogen-bond acceptors (Lipinski definition) is 2. The first-order valence-corrected chi connectivity index (χ1v) is 7.47. The minimum absolute atomic E-state index is 0.0385. The molecule has 0 aliphatic heterocycles. The van der Waals surface area contributed by atoms with Gasteiger partial charge >= 0.3 is 0 Å². The van der Waals surface area contributed by atoms with Crippen molar-refractivity contribution >= 4 is 27.5 Å². The second-order valence-corrected chi connectivity index (χ2v) is 5.76. The van der Waals surface area contributed by atoms with E-state index in [1.165, 1.54) is 0 Å². The Morgan fingerprint density at radius 3 is 2.84 bits per heavy atom. The van der Waals surface area contributed by atoms with Crippen LogP contribution in [0.4, 0.5) is 0 Å². The van der Waals surface area contributed by atoms with Crippen LogP contribution in [0.5, 0.6) is 0 Å². The van der Waals surface area contributed by atoms with E-state index in [-0.39, 0.29) is 6.04 Å². The molecule has 1 heterocycles. The number of hydrogen-bond donors (Lipinski definition) is 1. The molecule has 0 aliphatic carbocycles. The number of rotatable bonds is 5. The Labute approximate surface area is 127 Å². The lowest BCUT2D eigenvalue weighted by molar-refractivity contribution is 0.568. The lowest BCUT2D eigenvalue weighted by Gasteiger charge is -2.18. The quantitative estimate of drug-likeness (QED) is 0.889. The predicted molar refractivity (Wildman–Crippen MR) is 82.6 cm³/mol. The molecule has 0 fully saturated rings. The molecule has 0 amide bonds. The van der Waals surface area contributed by atoms with Crippen molar-refractivity contribution in [3.63, 3.8) is 0 Å². The van der Waals surface area contributed by atoms with E-state index in [1.807, 2.05) is 31.6 Å². The minimum atomic E-state index is 0.0385. The summed E-state index contributed by atoms with van der Waals surface area (Å²) < 4.78 is 3.15. The summed E-state index contributed by atoms with van der Waals surface area (Å²) in [4.78, 5) is 4.48. The number of aryl methyl sites for hydroxylation is 1. The van der Waals surface area contributed by atoms with Crippen molar-refractivity contribution in [2.45, 2.75) is 25.9 Å². The molecule has 102 valence electrons. The molecule has 0 saturated heterocycles. The largest absolute Gasteiger partial charge is 0.333 e. The third kappa shape index (κ3) is 3.38. The first kappa shape index (κ1) is 14.6. The molecule has 0 bridgehead atoms. The van der Waals surface area contributed by atoms with Crippen molar-refractivity contribution in [1.29, 1.82) is 0 Å². The highest BCUT2D eigenvalue weighted by Crippen LogP contribution is 2.27. The van der Waals surface area contributed by atoms with E-state index in [2.05, 4.69) is 43.8 Å². The van der Waals surface area contributed by atoms with Crippen LogP contribution in [0.25, 0.3) is 0 Å². The number of halogens is 2. The second-order valence-electron chi connectivity index (χ2n) is 4.40. The van der Waals surface area contributed by atoms with Gasteiger partial charge in [-0.3, -0.25) is 0 Å². The van der Waals surface area contributed by atoms with Gasteiger partial charge in [-0.15, -0.1) is 0 Å². The van der Waals surface area contributed by atoms with Crippen LogP contribution in [0, 0.1) is 0 Å². The Balaban J connectivity index is 2.40. The van der Waals surface area contributed by atoms with Gasteiger partial charge in [-0.2, -0.15) is 0 Å². The fraction of sp³-hybridized carbons (Fsp3) is 0.357. The molecule has 3 nitrogen and oxygen atoms in total. The van der Waals surface area contributed by atoms with Crippen LogP contribution in [0.15, 0.2) is 35.1 Å². The first-order chi connectivity index (χ1) is 9.15. The normalized spacial score (nSPS) is 12.6. The Morgan fingerprint density at radius 2 is 2.21 bits per heavy atom. The van der Waals surface area contributed by atoms with Crippen molar-refractivity contribution in [2.24, 2.45) is 0 Å². The molecular formula is C14H17BrClN3. The van der Waals surface area contributed by atoms with Gasteiger partial charge in [0.25, 0.3) is 0 Å². The van der Waals surface area contributed by atoms with Crippen molar-refractivity contribution in [1.82, 2.24) is 14.9 Å². The van der Waals surface area contributed by atoms with Gasteiger partial charge in [0.2, 0.25) is 0 Å². The maximum absolute atomic E-state index is 6.13. The summed E-state index contributed by atoms with van der Waals surface area (Å²) in [5.74, 6) is 1.01. The average molecular weight is 343 g/mol. The second kappa shape index (κ2) is 6.55. The molecule has 1 unspecified atom stereocenters. The van der Waals surface area contributed by atoms with Crippen molar-refractivity contribution < 1.29 is 0 Å². The predicted octanol–water partition coefficient (Wildman–Crippen LogP) is 4.02. The van der Waals surface area contributed by atoms with E-state index in [1.54, 1.807) is 0 Å². The maximum Gasteiger partial charge on any atom is 0.130 e. The Bertz CT molecular complexity index is 533. The highest BCUT2D eigenvalue weighted by atomic mass is 79.9. The average Bonchev–Trinajstić information content (AvgIpc) is 2.78. The lowest BCUT2D eigenvalue weighted by Crippen LogP contribution is -2.22. The summed E-state index contributed by atoms with van der Waals surface area (Å²) in [6.45, 7) is 3.13. The summed E-state index contributed by atoms with van der Waals surface area (Å²) >= 11 is 9.61. The van der Waals surface area contributed by atoms with E-state index in [0.29, 0.717) is 0 Å². The summed E-state index contributed by atoms with van der Waals surface area (Å²) in [6.07, 6.45) is 4.94. The third-order valence-corrected chi connectivity index (χ3v) is 3.65. The van der Waals surface area contributed by atoms with Crippen LogP contribution in [0.1, 0.15) is 30.8 Å². The number of benzene rings is 1. The Morgan fingerprint density at radius 1 is 1.42 bits per heavy atom. The summed E-state index contributed by atoms with van der Waals surface area (Å²) in [5.41, 5.74) is 1.10. The standard InChI is InChI=1S/C14H17BrClN3/c1-3-5-19-6-4-18-14(19)13(17-2)10-7-11(15)9-12(16)8-10/h4,6-9,13,17H,3,5H2,1-2H3. The first-order valence-electron chi connectivity index (χ1n) is 6.30. The Kier molecular flexibility index (Phi) is 5.02. The van der Waals surface area contributed by atoms with Gasteiger partial charge in [-0.1, -0.05) is 34.5 Å². The summed E-state index contributed by atoms with van der Waals surface area (Å²) in [5, 5.41) is 4.03. The van der Waals surface area contributed by atoms with Crippen LogP contribution in [-0.4, -0.2) is 16.6 Å². The van der Waals surface area contributed by atoms with E-state index in [4.69, 9.17) is 11.6 Å². The van der Waals surface area contributed by atoms with Gasteiger partial charge in [0, 0.05) is 28.4 Å². The molecule has 0 aliphatic rings. The molecule has 2 rings (SSSR count). The van der Waals surface area contributed by atoms with Crippen molar-refractivity contribution in [3.8, 4) is 0 Å². The van der Waals surface area contributed by atoms with E-state index in [9.17, 15) is 0 Å². The van der Waals surface area contributed by atoms with Crippen molar-refractivity contribution in [3.05, 3.63) is 51.5 Å². The topological polar surface area (TPSA) is 29.9 Å². The third-order valence-electron chi connectivity index (χ3n) is 2.98. The maximum atomic E-state index is 6.13. The molecule has 1 atom stereocenters.